The number of nitrogens with one attached hydrogen (secondary N) is 3. The maximum Gasteiger partial charge on any atom is 0.326 e. The van der Waals surface area contributed by atoms with E-state index in [1.807, 2.05) is 38.1 Å². The molecule has 1 atom stereocenters. The molecule has 4 rings (SSSR count). The van der Waals surface area contributed by atoms with Crippen molar-refractivity contribution in [2.45, 2.75) is 32.7 Å². The van der Waals surface area contributed by atoms with Crippen molar-refractivity contribution in [3.63, 3.8) is 0 Å². The van der Waals surface area contributed by atoms with Crippen molar-refractivity contribution < 1.29 is 23.9 Å². The Balaban J connectivity index is 1.68. The number of ether oxygens (including phenoxy) is 1. The molecule has 0 saturated heterocycles. The Morgan fingerprint density at radius 1 is 0.842 bits per heavy atom. The molecule has 3 aromatic carbocycles. The average molecular weight is 515 g/mol. The molecule has 3 aromatic rings. The van der Waals surface area contributed by atoms with E-state index < -0.39 is 35.8 Å². The van der Waals surface area contributed by atoms with Crippen LogP contribution in [0.5, 0.6) is 0 Å². The second-order valence-electron chi connectivity index (χ2n) is 9.15. The molecule has 0 spiro atoms. The number of hydrogen-bond donors (Lipinski definition) is 3. The van der Waals surface area contributed by atoms with E-state index in [-0.39, 0.29) is 13.2 Å². The van der Waals surface area contributed by atoms with E-state index >= 15 is 0 Å². The van der Waals surface area contributed by atoms with Crippen molar-refractivity contribution in [3.05, 3.63) is 89.5 Å². The van der Waals surface area contributed by atoms with Gasteiger partial charge in [-0.3, -0.25) is 19.3 Å². The number of rotatable bonds is 8. The first-order valence-electron chi connectivity index (χ1n) is 12.3. The first kappa shape index (κ1) is 26.4. The summed E-state index contributed by atoms with van der Waals surface area (Å²) in [5.74, 6) is -1.69. The van der Waals surface area contributed by atoms with E-state index in [1.165, 1.54) is 4.90 Å². The predicted molar refractivity (Wildman–Crippen MR) is 145 cm³/mol. The lowest BCUT2D eigenvalue weighted by Gasteiger charge is -2.29. The summed E-state index contributed by atoms with van der Waals surface area (Å²) in [6, 6.07) is 20.5. The van der Waals surface area contributed by atoms with E-state index in [0.29, 0.717) is 22.6 Å². The average Bonchev–Trinajstić information content (AvgIpc) is 3.09. The summed E-state index contributed by atoms with van der Waals surface area (Å²) in [6.07, 6.45) is -0.392. The summed E-state index contributed by atoms with van der Waals surface area (Å²) in [6.45, 7) is 5.34. The highest BCUT2D eigenvalue weighted by Crippen LogP contribution is 2.42. The van der Waals surface area contributed by atoms with Gasteiger partial charge in [0.05, 0.1) is 18.7 Å². The van der Waals surface area contributed by atoms with Gasteiger partial charge in [-0.05, 0) is 51.1 Å². The molecule has 1 unspecified atom stereocenters. The monoisotopic (exact) mass is 514 g/mol. The van der Waals surface area contributed by atoms with Crippen LogP contribution in [-0.4, -0.2) is 37.0 Å². The van der Waals surface area contributed by atoms with Crippen LogP contribution in [0, 0.1) is 13.8 Å². The van der Waals surface area contributed by atoms with Gasteiger partial charge in [-0.25, -0.2) is 4.79 Å². The van der Waals surface area contributed by atoms with Crippen LogP contribution in [0.2, 0.25) is 0 Å². The highest BCUT2D eigenvalue weighted by Gasteiger charge is 2.53. The first-order chi connectivity index (χ1) is 18.2. The summed E-state index contributed by atoms with van der Waals surface area (Å²) in [5, 5.41) is 8.31. The SMILES string of the molecule is CCOC(=O)CN1C(=O)C(CC(=O)Nc2ccc(C)cc2)(NC(=O)Nc2ccc(C)cc2)c2ccccc21. The number of aryl methyl sites for hydroxylation is 2. The number of benzene rings is 3. The van der Waals surface area contributed by atoms with Gasteiger partial charge >= 0.3 is 12.0 Å². The van der Waals surface area contributed by atoms with Crippen LogP contribution in [0.25, 0.3) is 0 Å². The van der Waals surface area contributed by atoms with Gasteiger partial charge in [0.15, 0.2) is 5.54 Å². The molecule has 9 nitrogen and oxygen atoms in total. The van der Waals surface area contributed by atoms with Gasteiger partial charge in [0, 0.05) is 16.9 Å². The van der Waals surface area contributed by atoms with Crippen molar-refractivity contribution in [1.82, 2.24) is 5.32 Å². The van der Waals surface area contributed by atoms with Gasteiger partial charge in [-0.2, -0.15) is 0 Å². The van der Waals surface area contributed by atoms with E-state index in [9.17, 15) is 19.2 Å². The Hall–Kier alpha value is -4.66. The summed E-state index contributed by atoms with van der Waals surface area (Å²) in [5.41, 5.74) is 2.21. The number of hydrogen-bond acceptors (Lipinski definition) is 5. The third-order valence-electron chi connectivity index (χ3n) is 6.25. The zero-order valence-electron chi connectivity index (χ0n) is 21.5. The van der Waals surface area contributed by atoms with Crippen molar-refractivity contribution in [3.8, 4) is 0 Å². The van der Waals surface area contributed by atoms with E-state index in [4.69, 9.17) is 4.74 Å². The number of para-hydroxylation sites is 1. The first-order valence-corrected chi connectivity index (χ1v) is 12.3. The second-order valence-corrected chi connectivity index (χ2v) is 9.15. The minimum atomic E-state index is -1.76. The number of carbonyl (C=O) groups excluding carboxylic acids is 4. The Morgan fingerprint density at radius 2 is 1.42 bits per heavy atom. The Kier molecular flexibility index (Phi) is 7.76. The summed E-state index contributed by atoms with van der Waals surface area (Å²) in [4.78, 5) is 54.1. The molecule has 0 fully saturated rings. The topological polar surface area (TPSA) is 117 Å². The molecule has 0 aromatic heterocycles. The van der Waals surface area contributed by atoms with Crippen LogP contribution in [0.3, 0.4) is 0 Å². The van der Waals surface area contributed by atoms with E-state index in [2.05, 4.69) is 16.0 Å². The molecular weight excluding hydrogens is 484 g/mol. The normalized spacial score (nSPS) is 16.0. The molecule has 9 heteroatoms. The molecule has 1 aliphatic heterocycles. The number of anilines is 3. The van der Waals surface area contributed by atoms with Gasteiger partial charge < -0.3 is 20.7 Å². The number of fused-ring (bicyclic) bond motifs is 1. The number of carbonyl (C=O) groups is 4. The fourth-order valence-electron chi connectivity index (χ4n) is 4.43. The van der Waals surface area contributed by atoms with Gasteiger partial charge in [0.25, 0.3) is 5.91 Å². The van der Waals surface area contributed by atoms with E-state index in [0.717, 1.165) is 11.1 Å². The predicted octanol–water partition coefficient (Wildman–Crippen LogP) is 4.26. The molecule has 0 bridgehead atoms. The number of urea groups is 1. The van der Waals surface area contributed by atoms with Crippen LogP contribution in [0.1, 0.15) is 30.0 Å². The molecule has 196 valence electrons. The lowest BCUT2D eigenvalue weighted by atomic mass is 9.87. The lowest BCUT2D eigenvalue weighted by Crippen LogP contribution is -2.56. The molecule has 0 saturated carbocycles. The highest BCUT2D eigenvalue weighted by molar-refractivity contribution is 6.14. The molecule has 1 heterocycles. The molecule has 3 N–H and O–H groups in total. The number of esters is 1. The second kappa shape index (κ2) is 11.2. The Morgan fingerprint density at radius 3 is 2.03 bits per heavy atom. The maximum absolute atomic E-state index is 14.0. The largest absolute Gasteiger partial charge is 0.465 e. The summed E-state index contributed by atoms with van der Waals surface area (Å²) >= 11 is 0. The zero-order chi connectivity index (χ0) is 27.3. The molecule has 1 aliphatic rings. The fourth-order valence-corrected chi connectivity index (χ4v) is 4.43. The Bertz CT molecular complexity index is 1290. The smallest absolute Gasteiger partial charge is 0.326 e. The van der Waals surface area contributed by atoms with Crippen LogP contribution in [-0.2, 0) is 24.7 Å². The van der Waals surface area contributed by atoms with Gasteiger partial charge in [-0.1, -0.05) is 53.6 Å². The number of nitrogens with zero attached hydrogens (tertiary/aromatic N) is 1. The highest BCUT2D eigenvalue weighted by atomic mass is 16.5. The molecule has 0 radical (unpaired) electrons. The van der Waals surface area contributed by atoms with Gasteiger partial charge in [-0.15, -0.1) is 0 Å². The Labute approximate surface area is 221 Å². The van der Waals surface area contributed by atoms with Crippen LogP contribution in [0.15, 0.2) is 72.8 Å². The fraction of sp³-hybridized carbons (Fsp3) is 0.241. The van der Waals surface area contributed by atoms with Crippen molar-refractivity contribution >= 4 is 40.9 Å². The van der Waals surface area contributed by atoms with E-state index in [1.54, 1.807) is 55.5 Å². The van der Waals surface area contributed by atoms with Crippen LogP contribution >= 0.6 is 0 Å². The quantitative estimate of drug-likeness (QED) is 0.389. The minimum absolute atomic E-state index is 0.157. The van der Waals surface area contributed by atoms with Crippen LogP contribution in [0.4, 0.5) is 21.9 Å². The van der Waals surface area contributed by atoms with Crippen molar-refractivity contribution in [1.29, 1.82) is 0 Å². The minimum Gasteiger partial charge on any atom is -0.465 e. The van der Waals surface area contributed by atoms with Crippen molar-refractivity contribution in [2.24, 2.45) is 0 Å². The maximum atomic E-state index is 14.0. The van der Waals surface area contributed by atoms with Crippen molar-refractivity contribution in [2.75, 3.05) is 28.7 Å². The zero-order valence-corrected chi connectivity index (χ0v) is 21.5. The van der Waals surface area contributed by atoms with Gasteiger partial charge in [0.2, 0.25) is 5.91 Å². The third kappa shape index (κ3) is 5.67. The molecule has 38 heavy (non-hydrogen) atoms. The van der Waals surface area contributed by atoms with Gasteiger partial charge in [0.1, 0.15) is 6.54 Å². The summed E-state index contributed by atoms with van der Waals surface area (Å²) < 4.78 is 5.06. The third-order valence-corrected chi connectivity index (χ3v) is 6.25. The van der Waals surface area contributed by atoms with Crippen LogP contribution < -0.4 is 20.9 Å². The molecular formula is C29H30N4O5. The lowest BCUT2D eigenvalue weighted by molar-refractivity contribution is -0.142. The molecule has 0 aliphatic carbocycles. The molecule has 4 amide bonds. The summed E-state index contributed by atoms with van der Waals surface area (Å²) in [7, 11) is 0. The standard InChI is InChI=1S/C29H30N4O5/c1-4-38-26(35)18-33-24-8-6-5-7-23(24)29(27(33)36,17-25(34)30-21-13-9-19(2)10-14-21)32-28(37)31-22-15-11-20(3)12-16-22/h5-16H,4,17-18H2,1-3H3,(H,30,34)(H2,31,32,37). The number of amides is 4.